The van der Waals surface area contributed by atoms with Crippen LogP contribution >= 0.6 is 0 Å². The minimum absolute atomic E-state index is 0.503. The number of benzene rings is 4. The smallest absolute Gasteiger partial charge is 0.142 e. The minimum atomic E-state index is 0.503. The van der Waals surface area contributed by atoms with Crippen LogP contribution in [-0.2, 0) is 0 Å². The molecule has 0 aliphatic heterocycles. The molecule has 0 unspecified atom stereocenters. The number of hydrogen-bond acceptors (Lipinski definition) is 3. The predicted molar refractivity (Wildman–Crippen MR) is 99.0 cm³/mol. The van der Waals surface area contributed by atoms with Crippen LogP contribution < -0.4 is 11.1 Å². The van der Waals surface area contributed by atoms with Crippen LogP contribution in [0.25, 0.3) is 43.5 Å². The zero-order valence-electron chi connectivity index (χ0n) is 12.8. The largest absolute Gasteiger partial charge is 0.455 e. The fraction of sp³-hybridized carbons (Fsp3) is 0. The summed E-state index contributed by atoms with van der Waals surface area (Å²) < 4.78 is 6.35. The molecule has 4 aromatic carbocycles. The Morgan fingerprint density at radius 1 is 0.625 bits per heavy atom. The van der Waals surface area contributed by atoms with Crippen molar-refractivity contribution in [1.82, 2.24) is 0 Å². The average Bonchev–Trinajstić information content (AvgIpc) is 2.59. The fourth-order valence-corrected chi connectivity index (χ4v) is 3.38. The van der Waals surface area contributed by atoms with Gasteiger partial charge in [-0.1, -0.05) is 24.3 Å². The molecule has 0 bridgehead atoms. The van der Waals surface area contributed by atoms with Gasteiger partial charge in [-0.3, -0.25) is 0 Å². The van der Waals surface area contributed by atoms with Gasteiger partial charge >= 0.3 is 0 Å². The van der Waals surface area contributed by atoms with E-state index < -0.39 is 0 Å². The van der Waals surface area contributed by atoms with E-state index in [2.05, 4.69) is 18.2 Å². The molecular weight excluding hydrogens is 296 g/mol. The number of rotatable bonds is 0. The number of hydrogen-bond donors (Lipinski definition) is 2. The highest BCUT2D eigenvalue weighted by atomic mass is 16.3. The number of nitrogens with two attached hydrogens (primary N) is 1. The van der Waals surface area contributed by atoms with Crippen LogP contribution in [0, 0.1) is 5.41 Å². The maximum Gasteiger partial charge on any atom is 0.142 e. The molecule has 5 aromatic rings. The average molecular weight is 310 g/mol. The Bertz CT molecular complexity index is 1330. The minimum Gasteiger partial charge on any atom is -0.455 e. The van der Waals surface area contributed by atoms with Crippen molar-refractivity contribution in [2.75, 3.05) is 5.73 Å². The fourth-order valence-electron chi connectivity index (χ4n) is 3.38. The van der Waals surface area contributed by atoms with Gasteiger partial charge < -0.3 is 15.6 Å². The first-order chi connectivity index (χ1) is 11.7. The lowest BCUT2D eigenvalue weighted by molar-refractivity contribution is 0.668. The topological polar surface area (TPSA) is 63.0 Å². The first-order valence-corrected chi connectivity index (χ1v) is 7.82. The van der Waals surface area contributed by atoms with Crippen LogP contribution in [0.4, 0.5) is 5.69 Å². The molecule has 1 heterocycles. The summed E-state index contributed by atoms with van der Waals surface area (Å²) in [5, 5.41) is 14.6. The Labute approximate surface area is 137 Å². The molecule has 24 heavy (non-hydrogen) atoms. The molecule has 5 rings (SSSR count). The number of fused-ring (bicyclic) bond motifs is 6. The van der Waals surface area contributed by atoms with E-state index in [4.69, 9.17) is 15.6 Å². The van der Waals surface area contributed by atoms with Gasteiger partial charge in [-0.05, 0) is 53.2 Å². The molecule has 0 aliphatic rings. The molecule has 3 N–H and O–H groups in total. The SMILES string of the molecule is N=c1ccc2c(ccc3cc4ccc5cc(N)ccc5c4oc32)c1. The summed E-state index contributed by atoms with van der Waals surface area (Å²) in [7, 11) is 0. The van der Waals surface area contributed by atoms with Gasteiger partial charge in [0.15, 0.2) is 0 Å². The maximum absolute atomic E-state index is 7.80. The van der Waals surface area contributed by atoms with Crippen molar-refractivity contribution in [1.29, 1.82) is 5.41 Å². The Balaban J connectivity index is 2.00. The number of nitrogens with one attached hydrogen (secondary N) is 1. The van der Waals surface area contributed by atoms with Gasteiger partial charge in [0.1, 0.15) is 11.2 Å². The molecule has 0 radical (unpaired) electrons. The lowest BCUT2D eigenvalue weighted by Crippen LogP contribution is -1.94. The Morgan fingerprint density at radius 2 is 1.21 bits per heavy atom. The van der Waals surface area contributed by atoms with Gasteiger partial charge in [0.25, 0.3) is 0 Å². The number of anilines is 1. The van der Waals surface area contributed by atoms with Crippen LogP contribution in [0.2, 0.25) is 0 Å². The van der Waals surface area contributed by atoms with Gasteiger partial charge in [-0.25, -0.2) is 0 Å². The quantitative estimate of drug-likeness (QED) is 0.241. The van der Waals surface area contributed by atoms with Crippen molar-refractivity contribution >= 4 is 49.2 Å². The van der Waals surface area contributed by atoms with Crippen LogP contribution in [0.1, 0.15) is 0 Å². The Kier molecular flexibility index (Phi) is 2.51. The molecule has 1 aromatic heterocycles. The van der Waals surface area contributed by atoms with Crippen molar-refractivity contribution in [2.45, 2.75) is 0 Å². The molecule has 0 aliphatic carbocycles. The summed E-state index contributed by atoms with van der Waals surface area (Å²) in [5.41, 5.74) is 8.36. The standard InChI is InChI=1S/C21H14N2O/c22-16-5-7-18-12(10-16)1-3-14-9-15-4-2-13-11-17(23)6-8-19(13)21(15)24-20(14)18/h1-11,22H,23H2. The van der Waals surface area contributed by atoms with Gasteiger partial charge in [0.05, 0.1) is 5.36 Å². The molecule has 114 valence electrons. The Morgan fingerprint density at radius 3 is 1.92 bits per heavy atom. The highest BCUT2D eigenvalue weighted by Crippen LogP contribution is 2.33. The molecular formula is C21H14N2O. The second-order valence-corrected chi connectivity index (χ2v) is 6.13. The third-order valence-electron chi connectivity index (χ3n) is 4.54. The molecule has 0 spiro atoms. The van der Waals surface area contributed by atoms with Crippen molar-refractivity contribution in [3.05, 3.63) is 72.1 Å². The van der Waals surface area contributed by atoms with E-state index in [-0.39, 0.29) is 0 Å². The highest BCUT2D eigenvalue weighted by molar-refractivity contribution is 6.11. The van der Waals surface area contributed by atoms with Gasteiger partial charge in [-0.15, -0.1) is 0 Å². The van der Waals surface area contributed by atoms with Crippen molar-refractivity contribution in [3.8, 4) is 0 Å². The number of nitrogen functional groups attached to an aromatic ring is 1. The second kappa shape index (κ2) is 4.59. The highest BCUT2D eigenvalue weighted by Gasteiger charge is 2.08. The lowest BCUT2D eigenvalue weighted by Gasteiger charge is -2.08. The summed E-state index contributed by atoms with van der Waals surface area (Å²) in [4.78, 5) is 0. The van der Waals surface area contributed by atoms with Crippen LogP contribution in [-0.4, -0.2) is 0 Å². The third-order valence-corrected chi connectivity index (χ3v) is 4.54. The summed E-state index contributed by atoms with van der Waals surface area (Å²) in [5.74, 6) is 0. The molecule has 0 saturated heterocycles. The zero-order chi connectivity index (χ0) is 16.3. The van der Waals surface area contributed by atoms with Crippen molar-refractivity contribution in [3.63, 3.8) is 0 Å². The normalized spacial score (nSPS) is 11.7. The lowest BCUT2D eigenvalue weighted by atomic mass is 10.0. The van der Waals surface area contributed by atoms with E-state index in [1.54, 1.807) is 6.07 Å². The summed E-state index contributed by atoms with van der Waals surface area (Å²) in [6.07, 6.45) is 0. The molecule has 3 nitrogen and oxygen atoms in total. The first-order valence-electron chi connectivity index (χ1n) is 7.82. The Hall–Kier alpha value is -3.33. The van der Waals surface area contributed by atoms with Crippen LogP contribution in [0.5, 0.6) is 0 Å². The van der Waals surface area contributed by atoms with Crippen LogP contribution in [0.3, 0.4) is 0 Å². The van der Waals surface area contributed by atoms with Gasteiger partial charge in [-0.2, -0.15) is 0 Å². The van der Waals surface area contributed by atoms with E-state index in [1.165, 1.54) is 0 Å². The van der Waals surface area contributed by atoms with E-state index in [0.717, 1.165) is 49.2 Å². The molecule has 0 fully saturated rings. The molecule has 3 heteroatoms. The maximum atomic E-state index is 7.80. The van der Waals surface area contributed by atoms with E-state index in [1.807, 2.05) is 42.5 Å². The summed E-state index contributed by atoms with van der Waals surface area (Å²) >= 11 is 0. The van der Waals surface area contributed by atoms with E-state index >= 15 is 0 Å². The van der Waals surface area contributed by atoms with E-state index in [9.17, 15) is 0 Å². The van der Waals surface area contributed by atoms with Crippen molar-refractivity contribution in [2.24, 2.45) is 0 Å². The second-order valence-electron chi connectivity index (χ2n) is 6.13. The summed E-state index contributed by atoms with van der Waals surface area (Å²) in [6, 6.07) is 21.9. The molecule has 0 atom stereocenters. The monoisotopic (exact) mass is 310 g/mol. The molecule has 0 amide bonds. The van der Waals surface area contributed by atoms with Gasteiger partial charge in [0.2, 0.25) is 0 Å². The summed E-state index contributed by atoms with van der Waals surface area (Å²) in [6.45, 7) is 0. The zero-order valence-corrected chi connectivity index (χ0v) is 12.8. The van der Waals surface area contributed by atoms with Crippen molar-refractivity contribution < 1.29 is 4.42 Å². The van der Waals surface area contributed by atoms with Crippen LogP contribution in [0.15, 0.2) is 71.1 Å². The molecule has 0 saturated carbocycles. The van der Waals surface area contributed by atoms with E-state index in [0.29, 0.717) is 5.36 Å². The first kappa shape index (κ1) is 13.1. The predicted octanol–water partition coefficient (Wildman–Crippen LogP) is 4.95. The van der Waals surface area contributed by atoms with Gasteiger partial charge in [0, 0.05) is 27.2 Å². The third kappa shape index (κ3) is 1.82.